The molecule has 2 aliphatic heterocycles. The van der Waals surface area contributed by atoms with Crippen LogP contribution >= 0.6 is 0 Å². The molecule has 0 radical (unpaired) electrons. The summed E-state index contributed by atoms with van der Waals surface area (Å²) >= 11 is 0. The fraction of sp³-hybridized carbons (Fsp3) is 0.269. The highest BCUT2D eigenvalue weighted by molar-refractivity contribution is 5.97. The van der Waals surface area contributed by atoms with Crippen molar-refractivity contribution in [3.63, 3.8) is 0 Å². The Bertz CT molecular complexity index is 1150. The number of carbonyl (C=O) groups is 2. The number of aliphatic hydroxyl groups is 1. The lowest BCUT2D eigenvalue weighted by molar-refractivity contribution is -0.159. The number of rotatable bonds is 4. The van der Waals surface area contributed by atoms with Crippen molar-refractivity contribution < 1.29 is 14.7 Å². The lowest BCUT2D eigenvalue weighted by Crippen LogP contribution is -2.73. The van der Waals surface area contributed by atoms with E-state index in [9.17, 15) is 14.7 Å². The molecule has 0 aliphatic carbocycles. The van der Waals surface area contributed by atoms with E-state index in [4.69, 9.17) is 0 Å². The Kier molecular flexibility index (Phi) is 5.23. The minimum Gasteiger partial charge on any atom is -0.394 e. The smallest absolute Gasteiger partial charge is 0.254 e. The van der Waals surface area contributed by atoms with Crippen LogP contribution in [0.15, 0.2) is 73.1 Å². The minimum atomic E-state index is -0.255. The molecule has 3 aromatic rings. The highest BCUT2D eigenvalue weighted by Gasteiger charge is 2.54. The number of piperazine rings is 1. The van der Waals surface area contributed by atoms with E-state index >= 15 is 0 Å². The van der Waals surface area contributed by atoms with Crippen LogP contribution in [0.25, 0.3) is 11.1 Å². The van der Waals surface area contributed by atoms with E-state index in [2.05, 4.69) is 48.3 Å². The average molecular weight is 428 g/mol. The van der Waals surface area contributed by atoms with Gasteiger partial charge in [-0.25, -0.2) is 0 Å². The molecule has 0 saturated carbocycles. The zero-order valence-electron chi connectivity index (χ0n) is 17.9. The van der Waals surface area contributed by atoms with Gasteiger partial charge in [-0.05, 0) is 41.3 Å². The van der Waals surface area contributed by atoms with E-state index in [-0.39, 0.29) is 43.0 Å². The van der Waals surface area contributed by atoms with E-state index in [0.717, 1.165) is 11.1 Å². The topological polar surface area (TPSA) is 73.7 Å². The van der Waals surface area contributed by atoms with Crippen LogP contribution in [0.2, 0.25) is 0 Å². The van der Waals surface area contributed by atoms with Gasteiger partial charge in [0, 0.05) is 30.4 Å². The predicted octanol–water partition coefficient (Wildman–Crippen LogP) is 2.87. The number of aliphatic hydroxyl groups excluding tert-OH is 1. The van der Waals surface area contributed by atoms with Crippen LogP contribution in [0, 0.1) is 6.92 Å². The second-order valence-corrected chi connectivity index (χ2v) is 8.50. The molecule has 3 heterocycles. The van der Waals surface area contributed by atoms with Crippen molar-refractivity contribution in [2.45, 2.75) is 24.9 Å². The molecule has 3 atom stereocenters. The maximum atomic E-state index is 12.9. The molecule has 1 N–H and O–H groups in total. The zero-order valence-corrected chi connectivity index (χ0v) is 17.9. The van der Waals surface area contributed by atoms with Gasteiger partial charge in [0.1, 0.15) is 6.54 Å². The Hall–Kier alpha value is -3.51. The van der Waals surface area contributed by atoms with Gasteiger partial charge in [0.2, 0.25) is 5.91 Å². The lowest BCUT2D eigenvalue weighted by atomic mass is 9.73. The van der Waals surface area contributed by atoms with Gasteiger partial charge in [-0.1, -0.05) is 48.5 Å². The van der Waals surface area contributed by atoms with Crippen LogP contribution in [0.4, 0.5) is 0 Å². The molecule has 6 heteroatoms. The number of carbonyl (C=O) groups excluding carboxylic acids is 2. The van der Waals surface area contributed by atoms with Crippen molar-refractivity contribution in [2.75, 3.05) is 19.7 Å². The van der Waals surface area contributed by atoms with Crippen LogP contribution in [0.1, 0.15) is 27.4 Å². The normalized spacial score (nSPS) is 22.3. The monoisotopic (exact) mass is 427 g/mol. The maximum Gasteiger partial charge on any atom is 0.254 e. The first-order valence-electron chi connectivity index (χ1n) is 10.9. The summed E-state index contributed by atoms with van der Waals surface area (Å²) in [6.07, 6.45) is 3.16. The first-order chi connectivity index (χ1) is 15.6. The first-order valence-corrected chi connectivity index (χ1v) is 10.9. The summed E-state index contributed by atoms with van der Waals surface area (Å²) in [5, 5.41) is 10.0. The van der Waals surface area contributed by atoms with Gasteiger partial charge in [0.25, 0.3) is 5.91 Å². The van der Waals surface area contributed by atoms with Gasteiger partial charge in [0.15, 0.2) is 0 Å². The summed E-state index contributed by atoms with van der Waals surface area (Å²) in [5.41, 5.74) is 5.14. The van der Waals surface area contributed by atoms with Crippen molar-refractivity contribution in [1.82, 2.24) is 14.8 Å². The zero-order chi connectivity index (χ0) is 22.2. The summed E-state index contributed by atoms with van der Waals surface area (Å²) in [5.74, 6) is -0.292. The SMILES string of the molecule is Cc1ccccc1-c1ccc([C@H]2[C@@H](CO)N3C(=O)CN(C(=O)c4ccncc4)C[C@@H]23)cc1. The Morgan fingerprint density at radius 3 is 2.47 bits per heavy atom. The third-order valence-electron chi connectivity index (χ3n) is 6.72. The number of aromatic nitrogens is 1. The molecular formula is C26H25N3O3. The summed E-state index contributed by atoms with van der Waals surface area (Å²) in [6.45, 7) is 2.49. The van der Waals surface area contributed by atoms with Gasteiger partial charge in [0.05, 0.1) is 18.7 Å². The van der Waals surface area contributed by atoms with Crippen LogP contribution < -0.4 is 0 Å². The number of hydrogen-bond donors (Lipinski definition) is 1. The van der Waals surface area contributed by atoms with Gasteiger partial charge >= 0.3 is 0 Å². The van der Waals surface area contributed by atoms with E-state index in [1.807, 2.05) is 12.1 Å². The third-order valence-corrected chi connectivity index (χ3v) is 6.72. The molecule has 32 heavy (non-hydrogen) atoms. The Balaban J connectivity index is 1.40. The Morgan fingerprint density at radius 2 is 1.78 bits per heavy atom. The predicted molar refractivity (Wildman–Crippen MR) is 121 cm³/mol. The third kappa shape index (κ3) is 3.37. The van der Waals surface area contributed by atoms with E-state index in [0.29, 0.717) is 12.1 Å². The maximum absolute atomic E-state index is 12.9. The minimum absolute atomic E-state index is 0.0112. The number of amides is 2. The summed E-state index contributed by atoms with van der Waals surface area (Å²) in [4.78, 5) is 33.1. The number of benzene rings is 2. The Morgan fingerprint density at radius 1 is 1.06 bits per heavy atom. The van der Waals surface area contributed by atoms with Gasteiger partial charge in [-0.2, -0.15) is 0 Å². The van der Waals surface area contributed by atoms with Gasteiger partial charge in [-0.15, -0.1) is 0 Å². The molecule has 2 saturated heterocycles. The molecule has 0 spiro atoms. The number of aryl methyl sites for hydroxylation is 1. The van der Waals surface area contributed by atoms with Crippen LogP contribution in [-0.4, -0.2) is 63.5 Å². The highest BCUT2D eigenvalue weighted by atomic mass is 16.3. The molecule has 0 bridgehead atoms. The number of hydrogen-bond acceptors (Lipinski definition) is 4. The van der Waals surface area contributed by atoms with Crippen molar-refractivity contribution in [3.05, 3.63) is 89.7 Å². The molecule has 5 rings (SSSR count). The van der Waals surface area contributed by atoms with Crippen LogP contribution in [0.5, 0.6) is 0 Å². The highest BCUT2D eigenvalue weighted by Crippen LogP contribution is 2.43. The fourth-order valence-electron chi connectivity index (χ4n) is 5.11. The van der Waals surface area contributed by atoms with Crippen molar-refractivity contribution >= 4 is 11.8 Å². The molecular weight excluding hydrogens is 402 g/mol. The molecule has 162 valence electrons. The standard InChI is InChI=1S/C26H25N3O3/c1-17-4-2-3-5-21(17)18-6-8-19(9-7-18)25-22-14-28(15-24(31)29(22)23(25)16-30)26(32)20-10-12-27-13-11-20/h2-13,22-23,25,30H,14-16H2,1H3/t22-,23+,25+/m0/s1. The van der Waals surface area contributed by atoms with Crippen LogP contribution in [-0.2, 0) is 4.79 Å². The quantitative estimate of drug-likeness (QED) is 0.695. The molecule has 2 aliphatic rings. The Labute approximate surface area is 187 Å². The number of pyridine rings is 1. The second kappa shape index (κ2) is 8.20. The van der Waals surface area contributed by atoms with Gasteiger partial charge < -0.3 is 14.9 Å². The molecule has 0 unspecified atom stereocenters. The van der Waals surface area contributed by atoms with Crippen molar-refractivity contribution in [2.24, 2.45) is 0 Å². The van der Waals surface area contributed by atoms with Crippen molar-refractivity contribution in [3.8, 4) is 11.1 Å². The molecule has 2 aromatic carbocycles. The second-order valence-electron chi connectivity index (χ2n) is 8.50. The number of nitrogens with zero attached hydrogens (tertiary/aromatic N) is 3. The van der Waals surface area contributed by atoms with E-state index in [1.54, 1.807) is 34.3 Å². The molecule has 6 nitrogen and oxygen atoms in total. The largest absolute Gasteiger partial charge is 0.394 e. The summed E-state index contributed by atoms with van der Waals surface area (Å²) < 4.78 is 0. The van der Waals surface area contributed by atoms with Crippen LogP contribution in [0.3, 0.4) is 0 Å². The van der Waals surface area contributed by atoms with Gasteiger partial charge in [-0.3, -0.25) is 14.6 Å². The van der Waals surface area contributed by atoms with Crippen molar-refractivity contribution in [1.29, 1.82) is 0 Å². The first kappa shape index (κ1) is 20.4. The molecule has 2 amide bonds. The number of fused-ring (bicyclic) bond motifs is 1. The molecule has 2 fully saturated rings. The summed E-state index contributed by atoms with van der Waals surface area (Å²) in [6, 6.07) is 19.6. The average Bonchev–Trinajstić information content (AvgIpc) is 2.81. The summed E-state index contributed by atoms with van der Waals surface area (Å²) in [7, 11) is 0. The lowest BCUT2D eigenvalue weighted by Gasteiger charge is -2.58. The fourth-order valence-corrected chi connectivity index (χ4v) is 5.11. The van der Waals surface area contributed by atoms with E-state index < -0.39 is 0 Å². The molecule has 1 aromatic heterocycles. The van der Waals surface area contributed by atoms with E-state index in [1.165, 1.54) is 11.1 Å².